The number of methoxy groups -OCH3 is 2. The SMILES string of the molecule is COc1ccc(C(N)c2cc(C)c(OC)c(C)c2)cc1Br. The van der Waals surface area contributed by atoms with E-state index in [-0.39, 0.29) is 6.04 Å². The van der Waals surface area contributed by atoms with Crippen molar-refractivity contribution in [3.8, 4) is 11.5 Å². The summed E-state index contributed by atoms with van der Waals surface area (Å²) in [4.78, 5) is 0. The first-order valence-corrected chi connectivity index (χ1v) is 7.51. The average Bonchev–Trinajstić information content (AvgIpc) is 2.46. The molecule has 0 radical (unpaired) electrons. The molecular formula is C17H20BrNO2. The average molecular weight is 350 g/mol. The van der Waals surface area contributed by atoms with Crippen LogP contribution in [-0.2, 0) is 0 Å². The van der Waals surface area contributed by atoms with Crippen LogP contribution in [0.5, 0.6) is 11.5 Å². The number of aryl methyl sites for hydroxylation is 2. The highest BCUT2D eigenvalue weighted by molar-refractivity contribution is 9.10. The van der Waals surface area contributed by atoms with Crippen LogP contribution in [0.3, 0.4) is 0 Å². The van der Waals surface area contributed by atoms with E-state index in [9.17, 15) is 0 Å². The maximum Gasteiger partial charge on any atom is 0.133 e. The second kappa shape index (κ2) is 6.50. The van der Waals surface area contributed by atoms with Crippen molar-refractivity contribution in [3.05, 3.63) is 57.1 Å². The smallest absolute Gasteiger partial charge is 0.133 e. The first-order chi connectivity index (χ1) is 9.97. The summed E-state index contributed by atoms with van der Waals surface area (Å²) in [6.45, 7) is 4.07. The molecule has 0 aliphatic carbocycles. The van der Waals surface area contributed by atoms with Crippen LogP contribution in [0.4, 0.5) is 0 Å². The number of hydrogen-bond acceptors (Lipinski definition) is 3. The monoisotopic (exact) mass is 349 g/mol. The molecule has 112 valence electrons. The van der Waals surface area contributed by atoms with Crippen molar-refractivity contribution in [1.29, 1.82) is 0 Å². The van der Waals surface area contributed by atoms with Gasteiger partial charge in [0.05, 0.1) is 24.7 Å². The van der Waals surface area contributed by atoms with Gasteiger partial charge in [-0.3, -0.25) is 0 Å². The lowest BCUT2D eigenvalue weighted by Crippen LogP contribution is -2.12. The summed E-state index contributed by atoms with van der Waals surface area (Å²) in [7, 11) is 3.34. The summed E-state index contributed by atoms with van der Waals surface area (Å²) in [5.41, 5.74) is 10.7. The van der Waals surface area contributed by atoms with E-state index in [0.29, 0.717) is 0 Å². The van der Waals surface area contributed by atoms with Gasteiger partial charge in [-0.2, -0.15) is 0 Å². The normalized spacial score (nSPS) is 12.1. The number of halogens is 1. The molecule has 4 heteroatoms. The number of ether oxygens (including phenoxy) is 2. The van der Waals surface area contributed by atoms with E-state index in [1.807, 2.05) is 32.0 Å². The minimum atomic E-state index is -0.185. The molecule has 0 fully saturated rings. The first-order valence-electron chi connectivity index (χ1n) is 6.72. The van der Waals surface area contributed by atoms with Crippen LogP contribution < -0.4 is 15.2 Å². The quantitative estimate of drug-likeness (QED) is 0.902. The van der Waals surface area contributed by atoms with Gasteiger partial charge in [-0.25, -0.2) is 0 Å². The fourth-order valence-corrected chi connectivity index (χ4v) is 3.11. The van der Waals surface area contributed by atoms with Gasteiger partial charge in [0.1, 0.15) is 11.5 Å². The Balaban J connectivity index is 2.40. The third-order valence-corrected chi connectivity index (χ3v) is 4.20. The largest absolute Gasteiger partial charge is 0.496 e. The Bertz CT molecular complexity index is 632. The molecule has 0 aromatic heterocycles. The number of benzene rings is 2. The second-order valence-corrected chi connectivity index (χ2v) is 5.91. The Kier molecular flexibility index (Phi) is 4.91. The van der Waals surface area contributed by atoms with E-state index in [4.69, 9.17) is 15.2 Å². The van der Waals surface area contributed by atoms with Crippen LogP contribution in [-0.4, -0.2) is 14.2 Å². The second-order valence-electron chi connectivity index (χ2n) is 5.06. The standard InChI is InChI=1S/C17H20BrNO2/c1-10-7-13(8-11(2)17(10)21-4)16(19)12-5-6-15(20-3)14(18)9-12/h5-9,16H,19H2,1-4H3. The van der Waals surface area contributed by atoms with Crippen molar-refractivity contribution in [2.45, 2.75) is 19.9 Å². The van der Waals surface area contributed by atoms with Gasteiger partial charge in [0.2, 0.25) is 0 Å². The molecule has 2 aromatic carbocycles. The first kappa shape index (κ1) is 15.9. The molecule has 0 saturated carbocycles. The number of nitrogens with two attached hydrogens (primary N) is 1. The van der Waals surface area contributed by atoms with Gasteiger partial charge in [0, 0.05) is 0 Å². The Hall–Kier alpha value is -1.52. The Morgan fingerprint density at radius 3 is 2.05 bits per heavy atom. The van der Waals surface area contributed by atoms with Gasteiger partial charge in [-0.05, 0) is 64.2 Å². The third kappa shape index (κ3) is 3.22. The maximum absolute atomic E-state index is 6.40. The van der Waals surface area contributed by atoms with Gasteiger partial charge in [0.25, 0.3) is 0 Å². The molecule has 2 rings (SSSR count). The molecule has 0 aliphatic heterocycles. The molecule has 3 nitrogen and oxygen atoms in total. The lowest BCUT2D eigenvalue weighted by molar-refractivity contribution is 0.408. The van der Waals surface area contributed by atoms with E-state index in [2.05, 4.69) is 28.1 Å². The van der Waals surface area contributed by atoms with Gasteiger partial charge in [-0.15, -0.1) is 0 Å². The zero-order valence-electron chi connectivity index (χ0n) is 12.7. The van der Waals surface area contributed by atoms with Crippen molar-refractivity contribution < 1.29 is 9.47 Å². The van der Waals surface area contributed by atoms with E-state index in [1.54, 1.807) is 14.2 Å². The Morgan fingerprint density at radius 1 is 0.952 bits per heavy atom. The maximum atomic E-state index is 6.40. The summed E-state index contributed by atoms with van der Waals surface area (Å²) in [5.74, 6) is 1.72. The molecule has 0 amide bonds. The summed E-state index contributed by atoms with van der Waals surface area (Å²) in [6.07, 6.45) is 0. The fraction of sp³-hybridized carbons (Fsp3) is 0.294. The van der Waals surface area contributed by atoms with Crippen LogP contribution in [0, 0.1) is 13.8 Å². The van der Waals surface area contributed by atoms with Crippen molar-refractivity contribution >= 4 is 15.9 Å². The van der Waals surface area contributed by atoms with E-state index in [0.717, 1.165) is 38.2 Å². The van der Waals surface area contributed by atoms with Crippen molar-refractivity contribution in [2.24, 2.45) is 5.73 Å². The minimum Gasteiger partial charge on any atom is -0.496 e. The molecule has 2 aromatic rings. The number of hydrogen-bond donors (Lipinski definition) is 1. The zero-order chi connectivity index (χ0) is 15.6. The van der Waals surface area contributed by atoms with Crippen molar-refractivity contribution in [3.63, 3.8) is 0 Å². The van der Waals surface area contributed by atoms with Gasteiger partial charge in [0.15, 0.2) is 0 Å². The molecule has 21 heavy (non-hydrogen) atoms. The summed E-state index contributed by atoms with van der Waals surface area (Å²) in [5, 5.41) is 0. The van der Waals surface area contributed by atoms with E-state index in [1.165, 1.54) is 0 Å². The Morgan fingerprint density at radius 2 is 1.57 bits per heavy atom. The molecule has 2 N–H and O–H groups in total. The van der Waals surface area contributed by atoms with Crippen LogP contribution in [0.25, 0.3) is 0 Å². The molecule has 0 bridgehead atoms. The molecule has 0 saturated heterocycles. The highest BCUT2D eigenvalue weighted by Crippen LogP contribution is 2.32. The molecule has 0 heterocycles. The van der Waals surface area contributed by atoms with E-state index >= 15 is 0 Å². The van der Waals surface area contributed by atoms with Crippen LogP contribution in [0.15, 0.2) is 34.8 Å². The fourth-order valence-electron chi connectivity index (χ4n) is 2.55. The topological polar surface area (TPSA) is 44.5 Å². The predicted molar refractivity (Wildman–Crippen MR) is 89.2 cm³/mol. The van der Waals surface area contributed by atoms with Crippen LogP contribution in [0.2, 0.25) is 0 Å². The summed E-state index contributed by atoms with van der Waals surface area (Å²) < 4.78 is 11.6. The van der Waals surface area contributed by atoms with Gasteiger partial charge in [-0.1, -0.05) is 18.2 Å². The van der Waals surface area contributed by atoms with Crippen molar-refractivity contribution in [1.82, 2.24) is 0 Å². The predicted octanol–water partition coefficient (Wildman–Crippen LogP) is 4.13. The third-order valence-electron chi connectivity index (χ3n) is 3.58. The molecule has 1 atom stereocenters. The lowest BCUT2D eigenvalue weighted by Gasteiger charge is -2.17. The van der Waals surface area contributed by atoms with Gasteiger partial charge >= 0.3 is 0 Å². The highest BCUT2D eigenvalue weighted by atomic mass is 79.9. The molecule has 0 spiro atoms. The van der Waals surface area contributed by atoms with Gasteiger partial charge < -0.3 is 15.2 Å². The van der Waals surface area contributed by atoms with E-state index < -0.39 is 0 Å². The summed E-state index contributed by atoms with van der Waals surface area (Å²) >= 11 is 3.50. The zero-order valence-corrected chi connectivity index (χ0v) is 14.3. The molecule has 1 unspecified atom stereocenters. The Labute approximate surface area is 134 Å². The van der Waals surface area contributed by atoms with Crippen LogP contribution >= 0.6 is 15.9 Å². The van der Waals surface area contributed by atoms with Crippen molar-refractivity contribution in [2.75, 3.05) is 14.2 Å². The van der Waals surface area contributed by atoms with Crippen LogP contribution in [0.1, 0.15) is 28.3 Å². The molecule has 0 aliphatic rings. The highest BCUT2D eigenvalue weighted by Gasteiger charge is 2.14. The lowest BCUT2D eigenvalue weighted by atomic mass is 9.95. The minimum absolute atomic E-state index is 0.185. The summed E-state index contributed by atoms with van der Waals surface area (Å²) in [6, 6.07) is 9.88. The number of rotatable bonds is 4. The molecular weight excluding hydrogens is 330 g/mol.